The van der Waals surface area contributed by atoms with E-state index >= 15 is 0 Å². The average molecular weight is 210 g/mol. The summed E-state index contributed by atoms with van der Waals surface area (Å²) in [4.78, 5) is 11.5. The molecule has 0 spiro atoms. The quantitative estimate of drug-likeness (QED) is 0.696. The van der Waals surface area contributed by atoms with Crippen molar-refractivity contribution in [2.24, 2.45) is 0 Å². The first kappa shape index (κ1) is 11.8. The molecule has 0 atom stereocenters. The molecule has 2 N–H and O–H groups in total. The predicted octanol–water partition coefficient (Wildman–Crippen LogP) is 1.32. The zero-order chi connectivity index (χ0) is 11.1. The lowest BCUT2D eigenvalue weighted by Gasteiger charge is -2.03. The van der Waals surface area contributed by atoms with Crippen LogP contribution in [0.15, 0.2) is 16.5 Å². The maximum absolute atomic E-state index is 11.5. The smallest absolute Gasteiger partial charge is 0.286 e. The number of aryl methyl sites for hydroxylation is 1. The van der Waals surface area contributed by atoms with E-state index in [0.717, 1.165) is 25.3 Å². The standard InChI is InChI=1S/C11H18N2O2/c1-3-12-7-4-8-13-11(14)10-6-5-9(2)15-10/h5-6,12H,3-4,7-8H2,1-2H3,(H,13,14). The molecule has 1 rings (SSSR count). The first-order valence-electron chi connectivity index (χ1n) is 5.29. The van der Waals surface area contributed by atoms with Gasteiger partial charge in [-0.05, 0) is 38.6 Å². The van der Waals surface area contributed by atoms with Gasteiger partial charge in [-0.1, -0.05) is 6.92 Å². The molecule has 1 amide bonds. The van der Waals surface area contributed by atoms with Crippen LogP contribution in [0.1, 0.15) is 29.7 Å². The highest BCUT2D eigenvalue weighted by Gasteiger charge is 2.07. The van der Waals surface area contributed by atoms with Gasteiger partial charge in [-0.3, -0.25) is 4.79 Å². The van der Waals surface area contributed by atoms with Crippen molar-refractivity contribution in [2.45, 2.75) is 20.3 Å². The maximum Gasteiger partial charge on any atom is 0.286 e. The van der Waals surface area contributed by atoms with Crippen molar-refractivity contribution in [2.75, 3.05) is 19.6 Å². The highest BCUT2D eigenvalue weighted by molar-refractivity contribution is 5.91. The van der Waals surface area contributed by atoms with Crippen molar-refractivity contribution < 1.29 is 9.21 Å². The van der Waals surface area contributed by atoms with Crippen molar-refractivity contribution in [3.8, 4) is 0 Å². The van der Waals surface area contributed by atoms with E-state index in [1.165, 1.54) is 0 Å². The summed E-state index contributed by atoms with van der Waals surface area (Å²) in [7, 11) is 0. The third-order valence-electron chi connectivity index (χ3n) is 2.03. The van der Waals surface area contributed by atoms with Crippen LogP contribution in [0.3, 0.4) is 0 Å². The Balaban J connectivity index is 2.19. The first-order chi connectivity index (χ1) is 7.24. The van der Waals surface area contributed by atoms with Crippen molar-refractivity contribution in [3.63, 3.8) is 0 Å². The first-order valence-corrected chi connectivity index (χ1v) is 5.29. The molecule has 1 heterocycles. The van der Waals surface area contributed by atoms with Gasteiger partial charge in [-0.15, -0.1) is 0 Å². The average Bonchev–Trinajstić information content (AvgIpc) is 2.64. The molecule has 0 aliphatic heterocycles. The summed E-state index contributed by atoms with van der Waals surface area (Å²) in [6.45, 7) is 6.44. The van der Waals surface area contributed by atoms with E-state index in [9.17, 15) is 4.79 Å². The summed E-state index contributed by atoms with van der Waals surface area (Å²) >= 11 is 0. The minimum Gasteiger partial charge on any atom is -0.456 e. The number of carbonyl (C=O) groups excluding carboxylic acids is 1. The Kier molecular flexibility index (Phi) is 4.90. The zero-order valence-corrected chi connectivity index (χ0v) is 9.30. The van der Waals surface area contributed by atoms with Crippen molar-refractivity contribution in [1.82, 2.24) is 10.6 Å². The number of nitrogens with one attached hydrogen (secondary N) is 2. The monoisotopic (exact) mass is 210 g/mol. The van der Waals surface area contributed by atoms with Gasteiger partial charge in [0, 0.05) is 6.54 Å². The number of hydrogen-bond acceptors (Lipinski definition) is 3. The number of rotatable bonds is 6. The molecule has 0 aromatic carbocycles. The van der Waals surface area contributed by atoms with Crippen molar-refractivity contribution in [3.05, 3.63) is 23.7 Å². The Morgan fingerprint density at radius 2 is 2.20 bits per heavy atom. The molecule has 1 aromatic heterocycles. The van der Waals surface area contributed by atoms with Gasteiger partial charge in [-0.2, -0.15) is 0 Å². The summed E-state index contributed by atoms with van der Waals surface area (Å²) in [5.74, 6) is 1.00. The van der Waals surface area contributed by atoms with Crippen LogP contribution in [0.5, 0.6) is 0 Å². The fourth-order valence-corrected chi connectivity index (χ4v) is 1.24. The molecule has 0 saturated carbocycles. The molecule has 84 valence electrons. The summed E-state index contributed by atoms with van der Waals surface area (Å²) in [6, 6.07) is 3.47. The normalized spacial score (nSPS) is 10.3. The molecule has 4 nitrogen and oxygen atoms in total. The van der Waals surface area contributed by atoms with Gasteiger partial charge in [0.1, 0.15) is 5.76 Å². The molecule has 0 aliphatic carbocycles. The zero-order valence-electron chi connectivity index (χ0n) is 9.30. The Labute approximate surface area is 90.0 Å². The van der Waals surface area contributed by atoms with Crippen molar-refractivity contribution in [1.29, 1.82) is 0 Å². The Morgan fingerprint density at radius 3 is 2.80 bits per heavy atom. The van der Waals surface area contributed by atoms with E-state index in [2.05, 4.69) is 17.6 Å². The molecule has 0 aliphatic rings. The SMILES string of the molecule is CCNCCCNC(=O)c1ccc(C)o1. The third-order valence-corrected chi connectivity index (χ3v) is 2.03. The fraction of sp³-hybridized carbons (Fsp3) is 0.545. The van der Waals surface area contributed by atoms with Crippen LogP contribution in [0.25, 0.3) is 0 Å². The van der Waals surface area contributed by atoms with Crippen LogP contribution in [0.4, 0.5) is 0 Å². The van der Waals surface area contributed by atoms with Crippen molar-refractivity contribution >= 4 is 5.91 Å². The summed E-state index contributed by atoms with van der Waals surface area (Å²) in [6.07, 6.45) is 0.930. The number of furan rings is 1. The van der Waals surface area contributed by atoms with Crippen LogP contribution in [0.2, 0.25) is 0 Å². The lowest BCUT2D eigenvalue weighted by atomic mass is 10.3. The Morgan fingerprint density at radius 1 is 1.40 bits per heavy atom. The Bertz CT molecular complexity index is 307. The molecular weight excluding hydrogens is 192 g/mol. The summed E-state index contributed by atoms with van der Waals surface area (Å²) in [5, 5.41) is 5.99. The number of amides is 1. The van der Waals surface area contributed by atoms with Gasteiger partial charge in [0.2, 0.25) is 0 Å². The number of hydrogen-bond donors (Lipinski definition) is 2. The number of carbonyl (C=O) groups is 1. The lowest BCUT2D eigenvalue weighted by Crippen LogP contribution is -2.26. The second kappa shape index (κ2) is 6.24. The molecule has 1 aromatic rings. The van der Waals surface area contributed by atoms with Gasteiger partial charge in [-0.25, -0.2) is 0 Å². The molecular formula is C11H18N2O2. The lowest BCUT2D eigenvalue weighted by molar-refractivity contribution is 0.0924. The third kappa shape index (κ3) is 4.16. The predicted molar refractivity (Wildman–Crippen MR) is 58.9 cm³/mol. The van der Waals surface area contributed by atoms with Crippen LogP contribution in [0, 0.1) is 6.92 Å². The summed E-state index contributed by atoms with van der Waals surface area (Å²) in [5.41, 5.74) is 0. The fourth-order valence-electron chi connectivity index (χ4n) is 1.24. The largest absolute Gasteiger partial charge is 0.456 e. The van der Waals surface area contributed by atoms with Crippen LogP contribution < -0.4 is 10.6 Å². The second-order valence-electron chi connectivity index (χ2n) is 3.37. The highest BCUT2D eigenvalue weighted by Crippen LogP contribution is 2.05. The molecule has 4 heteroatoms. The second-order valence-corrected chi connectivity index (χ2v) is 3.37. The minimum atomic E-state index is -0.139. The van der Waals surface area contributed by atoms with Gasteiger partial charge >= 0.3 is 0 Å². The topological polar surface area (TPSA) is 54.3 Å². The van der Waals surface area contributed by atoms with Crippen LogP contribution in [-0.2, 0) is 0 Å². The molecule has 0 fully saturated rings. The van der Waals surface area contributed by atoms with E-state index in [1.807, 2.05) is 6.92 Å². The Hall–Kier alpha value is -1.29. The molecule has 0 bridgehead atoms. The molecule has 15 heavy (non-hydrogen) atoms. The summed E-state index contributed by atoms with van der Waals surface area (Å²) < 4.78 is 5.20. The van der Waals surface area contributed by atoms with E-state index in [1.54, 1.807) is 12.1 Å². The van der Waals surface area contributed by atoms with Gasteiger partial charge in [0.05, 0.1) is 0 Å². The van der Waals surface area contributed by atoms with E-state index in [0.29, 0.717) is 12.3 Å². The van der Waals surface area contributed by atoms with Gasteiger partial charge < -0.3 is 15.1 Å². The van der Waals surface area contributed by atoms with E-state index in [-0.39, 0.29) is 5.91 Å². The highest BCUT2D eigenvalue weighted by atomic mass is 16.3. The van der Waals surface area contributed by atoms with Crippen LogP contribution in [-0.4, -0.2) is 25.5 Å². The van der Waals surface area contributed by atoms with Crippen LogP contribution >= 0.6 is 0 Å². The molecule has 0 saturated heterocycles. The van der Waals surface area contributed by atoms with Gasteiger partial charge in [0.15, 0.2) is 5.76 Å². The minimum absolute atomic E-state index is 0.139. The maximum atomic E-state index is 11.5. The van der Waals surface area contributed by atoms with E-state index in [4.69, 9.17) is 4.42 Å². The molecule has 0 unspecified atom stereocenters. The molecule has 0 radical (unpaired) electrons. The van der Waals surface area contributed by atoms with E-state index < -0.39 is 0 Å². The van der Waals surface area contributed by atoms with Gasteiger partial charge in [0.25, 0.3) is 5.91 Å².